The summed E-state index contributed by atoms with van der Waals surface area (Å²) in [5.74, 6) is 0.332. The Morgan fingerprint density at radius 2 is 1.75 bits per heavy atom. The van der Waals surface area contributed by atoms with E-state index in [9.17, 15) is 13.2 Å². The molecule has 150 valence electrons. The average molecular weight is 419 g/mol. The van der Waals surface area contributed by atoms with Gasteiger partial charge in [0.05, 0.1) is 4.90 Å². The van der Waals surface area contributed by atoms with Gasteiger partial charge in [-0.2, -0.15) is 4.31 Å². The molecule has 1 aliphatic heterocycles. The summed E-state index contributed by atoms with van der Waals surface area (Å²) in [6.07, 6.45) is 3.00. The van der Waals surface area contributed by atoms with Gasteiger partial charge in [-0.25, -0.2) is 8.42 Å². The van der Waals surface area contributed by atoms with Crippen LogP contribution in [0.2, 0.25) is 0 Å². The first-order valence-corrected chi connectivity index (χ1v) is 12.0. The van der Waals surface area contributed by atoms with Crippen LogP contribution in [0.3, 0.4) is 0 Å². The third-order valence-electron chi connectivity index (χ3n) is 4.90. The summed E-state index contributed by atoms with van der Waals surface area (Å²) in [5, 5.41) is 2.84. The van der Waals surface area contributed by atoms with Gasteiger partial charge in [-0.05, 0) is 60.9 Å². The second-order valence-electron chi connectivity index (χ2n) is 7.48. The zero-order chi connectivity index (χ0) is 20.3. The second-order valence-corrected chi connectivity index (χ2v) is 10.3. The van der Waals surface area contributed by atoms with E-state index in [1.54, 1.807) is 34.3 Å². The van der Waals surface area contributed by atoms with Gasteiger partial charge in [0.15, 0.2) is 0 Å². The van der Waals surface area contributed by atoms with Gasteiger partial charge >= 0.3 is 0 Å². The molecular weight excluding hydrogens is 392 g/mol. The number of benzene rings is 2. The molecule has 0 saturated carbocycles. The van der Waals surface area contributed by atoms with E-state index in [1.165, 1.54) is 6.07 Å². The maximum atomic E-state index is 13.1. The van der Waals surface area contributed by atoms with Gasteiger partial charge in [-0.15, -0.1) is 11.8 Å². The first-order chi connectivity index (χ1) is 13.3. The molecule has 1 heterocycles. The summed E-state index contributed by atoms with van der Waals surface area (Å²) in [6, 6.07) is 13.8. The van der Waals surface area contributed by atoms with E-state index in [0.717, 1.165) is 11.3 Å². The maximum absolute atomic E-state index is 13.1. The molecule has 3 rings (SSSR count). The Morgan fingerprint density at radius 1 is 1.07 bits per heavy atom. The van der Waals surface area contributed by atoms with Gasteiger partial charge in [0, 0.05) is 29.2 Å². The minimum absolute atomic E-state index is 0.166. The summed E-state index contributed by atoms with van der Waals surface area (Å²) >= 11 is 1.59. The molecule has 1 N–H and O–H groups in total. The number of nitrogens with one attached hydrogen (secondary N) is 1. The van der Waals surface area contributed by atoms with Crippen LogP contribution < -0.4 is 5.32 Å². The Labute approximate surface area is 171 Å². The van der Waals surface area contributed by atoms with E-state index >= 15 is 0 Å². The quantitative estimate of drug-likeness (QED) is 0.734. The van der Waals surface area contributed by atoms with Gasteiger partial charge in [0.25, 0.3) is 5.91 Å². The van der Waals surface area contributed by atoms with Crippen molar-refractivity contribution in [1.29, 1.82) is 0 Å². The predicted molar refractivity (Wildman–Crippen MR) is 114 cm³/mol. The molecule has 7 heteroatoms. The Bertz CT molecular complexity index is 950. The molecule has 0 radical (unpaired) electrons. The van der Waals surface area contributed by atoms with E-state index in [-0.39, 0.29) is 10.8 Å². The van der Waals surface area contributed by atoms with Crippen LogP contribution in [0.5, 0.6) is 0 Å². The second kappa shape index (κ2) is 8.68. The zero-order valence-electron chi connectivity index (χ0n) is 16.4. The molecule has 5 nitrogen and oxygen atoms in total. The molecular formula is C21H26N2O3S2. The average Bonchev–Trinajstić information content (AvgIpc) is 2.67. The molecule has 2 aromatic rings. The largest absolute Gasteiger partial charge is 0.322 e. The van der Waals surface area contributed by atoms with Crippen molar-refractivity contribution in [2.45, 2.75) is 30.1 Å². The summed E-state index contributed by atoms with van der Waals surface area (Å²) < 4.78 is 27.7. The molecule has 2 atom stereocenters. The molecule has 0 aliphatic carbocycles. The number of hydrogen-bond acceptors (Lipinski definition) is 4. The summed E-state index contributed by atoms with van der Waals surface area (Å²) in [7, 11) is -3.62. The van der Waals surface area contributed by atoms with Gasteiger partial charge < -0.3 is 5.32 Å². The Morgan fingerprint density at radius 3 is 2.43 bits per heavy atom. The highest BCUT2D eigenvalue weighted by Crippen LogP contribution is 2.27. The number of carbonyl (C=O) groups is 1. The number of amides is 1. The number of sulfonamides is 1. The highest BCUT2D eigenvalue weighted by Gasteiger charge is 2.31. The Kier molecular flexibility index (Phi) is 6.47. The first kappa shape index (κ1) is 20.9. The molecule has 1 saturated heterocycles. The lowest BCUT2D eigenvalue weighted by molar-refractivity contribution is 0.102. The van der Waals surface area contributed by atoms with Crippen molar-refractivity contribution in [2.24, 2.45) is 11.8 Å². The lowest BCUT2D eigenvalue weighted by Crippen LogP contribution is -2.42. The highest BCUT2D eigenvalue weighted by atomic mass is 32.2. The lowest BCUT2D eigenvalue weighted by atomic mass is 9.94. The fourth-order valence-corrected chi connectivity index (χ4v) is 5.84. The van der Waals surface area contributed by atoms with Gasteiger partial charge in [0.1, 0.15) is 0 Å². The normalized spacial score (nSPS) is 20.7. The van der Waals surface area contributed by atoms with Crippen LogP contribution in [0.1, 0.15) is 30.6 Å². The highest BCUT2D eigenvalue weighted by molar-refractivity contribution is 7.98. The minimum Gasteiger partial charge on any atom is -0.322 e. The number of thioether (sulfide) groups is 1. The van der Waals surface area contributed by atoms with Crippen molar-refractivity contribution in [3.8, 4) is 0 Å². The monoisotopic (exact) mass is 418 g/mol. The van der Waals surface area contributed by atoms with Crippen LogP contribution in [0.25, 0.3) is 0 Å². The number of nitrogens with zero attached hydrogens (tertiary/aromatic N) is 1. The third kappa shape index (κ3) is 4.77. The molecule has 1 aliphatic rings. The van der Waals surface area contributed by atoms with E-state index in [1.807, 2.05) is 30.5 Å². The molecule has 1 amide bonds. The zero-order valence-corrected chi connectivity index (χ0v) is 18.0. The molecule has 1 fully saturated rings. The third-order valence-corrected chi connectivity index (χ3v) is 7.45. The van der Waals surface area contributed by atoms with Crippen molar-refractivity contribution in [1.82, 2.24) is 4.31 Å². The van der Waals surface area contributed by atoms with E-state index in [0.29, 0.717) is 36.2 Å². The molecule has 0 spiro atoms. The van der Waals surface area contributed by atoms with E-state index < -0.39 is 10.0 Å². The Hall–Kier alpha value is -1.83. The number of anilines is 1. The first-order valence-electron chi connectivity index (χ1n) is 9.35. The SMILES string of the molecule is CSc1cccc(NC(=O)c2cccc(S(=O)(=O)N3CC(C)CC(C)C3)c2)c1. The van der Waals surface area contributed by atoms with Crippen LogP contribution >= 0.6 is 11.8 Å². The topological polar surface area (TPSA) is 66.5 Å². The van der Waals surface area contributed by atoms with Crippen molar-refractivity contribution >= 4 is 33.4 Å². The van der Waals surface area contributed by atoms with Crippen LogP contribution in [0.15, 0.2) is 58.3 Å². The molecule has 2 aromatic carbocycles. The molecule has 2 unspecified atom stereocenters. The van der Waals surface area contributed by atoms with Crippen LogP contribution in [0, 0.1) is 11.8 Å². The fourth-order valence-electron chi connectivity index (χ4n) is 3.65. The molecule has 28 heavy (non-hydrogen) atoms. The minimum atomic E-state index is -3.62. The predicted octanol–water partition coefficient (Wildman–Crippen LogP) is 4.33. The standard InChI is InChI=1S/C21H26N2O3S2/c1-15-10-16(2)14-23(13-15)28(25,26)20-9-4-6-17(11-20)21(24)22-18-7-5-8-19(12-18)27-3/h4-9,11-12,15-16H,10,13-14H2,1-3H3,(H,22,24). The van der Waals surface area contributed by atoms with Gasteiger partial charge in [0.2, 0.25) is 10.0 Å². The van der Waals surface area contributed by atoms with E-state index in [2.05, 4.69) is 19.2 Å². The van der Waals surface area contributed by atoms with Gasteiger partial charge in [-0.1, -0.05) is 26.0 Å². The number of rotatable bonds is 5. The summed E-state index contributed by atoms with van der Waals surface area (Å²) in [5.41, 5.74) is 1.01. The number of piperidine rings is 1. The Balaban J connectivity index is 1.82. The maximum Gasteiger partial charge on any atom is 0.255 e. The van der Waals surface area contributed by atoms with Crippen molar-refractivity contribution in [2.75, 3.05) is 24.7 Å². The van der Waals surface area contributed by atoms with Crippen LogP contribution in [0.4, 0.5) is 5.69 Å². The fraction of sp³-hybridized carbons (Fsp3) is 0.381. The van der Waals surface area contributed by atoms with Crippen molar-refractivity contribution < 1.29 is 13.2 Å². The number of hydrogen-bond donors (Lipinski definition) is 1. The molecule has 0 bridgehead atoms. The van der Waals surface area contributed by atoms with Crippen molar-refractivity contribution in [3.63, 3.8) is 0 Å². The molecule has 0 aromatic heterocycles. The van der Waals surface area contributed by atoms with Crippen molar-refractivity contribution in [3.05, 3.63) is 54.1 Å². The van der Waals surface area contributed by atoms with Gasteiger partial charge in [-0.3, -0.25) is 4.79 Å². The lowest BCUT2D eigenvalue weighted by Gasteiger charge is -2.34. The van der Waals surface area contributed by atoms with Crippen LogP contribution in [-0.2, 0) is 10.0 Å². The van der Waals surface area contributed by atoms with E-state index in [4.69, 9.17) is 0 Å². The summed E-state index contributed by atoms with van der Waals surface area (Å²) in [6.45, 7) is 5.19. The van der Waals surface area contributed by atoms with Crippen LogP contribution in [-0.4, -0.2) is 38.0 Å². The smallest absolute Gasteiger partial charge is 0.255 e. The summed E-state index contributed by atoms with van der Waals surface area (Å²) in [4.78, 5) is 13.9. The number of carbonyl (C=O) groups excluding carboxylic acids is 1.